The molecule has 0 aliphatic carbocycles. The normalized spacial score (nSPS) is 13.4. The molecule has 7 nitrogen and oxygen atoms in total. The van der Waals surface area contributed by atoms with Gasteiger partial charge in [0.2, 0.25) is 0 Å². The van der Waals surface area contributed by atoms with Gasteiger partial charge in [-0.2, -0.15) is 6.07 Å². The molecule has 0 fully saturated rings. The number of rotatable bonds is 8. The summed E-state index contributed by atoms with van der Waals surface area (Å²) >= 11 is 0. The fourth-order valence-electron chi connectivity index (χ4n) is 10.7. The number of nitrogens with zero attached hydrogens (tertiary/aromatic N) is 6. The number of benzene rings is 8. The van der Waals surface area contributed by atoms with Crippen molar-refractivity contribution >= 4 is 55.6 Å². The molecule has 0 N–H and O–H groups in total. The van der Waals surface area contributed by atoms with Gasteiger partial charge in [-0.3, -0.25) is 0 Å². The van der Waals surface area contributed by atoms with Crippen LogP contribution < -0.4 is 14.5 Å². The summed E-state index contributed by atoms with van der Waals surface area (Å²) in [5.74, 6) is 3.18. The van der Waals surface area contributed by atoms with E-state index in [1.165, 1.54) is 0 Å². The topological polar surface area (TPSA) is 51.4 Å². The largest absolute Gasteiger partial charge is 0.509 e. The second-order valence-corrected chi connectivity index (χ2v) is 19.9. The van der Waals surface area contributed by atoms with E-state index in [0.29, 0.717) is 11.5 Å². The van der Waals surface area contributed by atoms with E-state index in [9.17, 15) is 0 Å². The van der Waals surface area contributed by atoms with Gasteiger partial charge in [-0.05, 0) is 77.1 Å². The Labute approximate surface area is 435 Å². The Kier molecular flexibility index (Phi) is 11.4. The molecule has 8 aromatic carbocycles. The third-order valence-corrected chi connectivity index (χ3v) is 14.3. The van der Waals surface area contributed by atoms with Crippen molar-refractivity contribution in [1.82, 2.24) is 19.1 Å². The molecule has 0 atom stereocenters. The maximum atomic E-state index is 6.97. The van der Waals surface area contributed by atoms with Crippen LogP contribution in [0.25, 0.3) is 72.0 Å². The number of para-hydroxylation sites is 2. The molecule has 0 saturated carbocycles. The number of hydrogen-bond donors (Lipinski definition) is 0. The summed E-state index contributed by atoms with van der Waals surface area (Å²) in [5.41, 5.74) is 17.1. The summed E-state index contributed by atoms with van der Waals surface area (Å²) in [5, 5.41) is 2.21. The fraction of sp³-hybridized carbons (Fsp3) is 0.141. The first-order valence-electron chi connectivity index (χ1n) is 24.7. The van der Waals surface area contributed by atoms with E-state index in [1.807, 2.05) is 18.3 Å². The van der Waals surface area contributed by atoms with E-state index >= 15 is 0 Å². The summed E-state index contributed by atoms with van der Waals surface area (Å²) in [7, 11) is 0. The Bertz CT molecular complexity index is 3780. The van der Waals surface area contributed by atoms with Crippen molar-refractivity contribution in [2.75, 3.05) is 9.80 Å². The van der Waals surface area contributed by atoms with Crippen LogP contribution in [0.4, 0.5) is 22.7 Å². The Hall–Kier alpha value is -7.73. The van der Waals surface area contributed by atoms with Gasteiger partial charge < -0.3 is 23.7 Å². The van der Waals surface area contributed by atoms with Crippen molar-refractivity contribution in [3.05, 3.63) is 218 Å². The third-order valence-electron chi connectivity index (χ3n) is 14.3. The minimum atomic E-state index is -0.215. The number of ether oxygens (including phenoxy) is 1. The van der Waals surface area contributed by atoms with Crippen LogP contribution in [-0.2, 0) is 39.4 Å². The molecule has 11 aromatic rings. The molecule has 3 aromatic heterocycles. The predicted octanol–water partition coefficient (Wildman–Crippen LogP) is 16.3. The van der Waals surface area contributed by atoms with Gasteiger partial charge >= 0.3 is 0 Å². The number of aromatic nitrogens is 4. The first-order chi connectivity index (χ1) is 34.7. The zero-order chi connectivity index (χ0) is 47.8. The van der Waals surface area contributed by atoms with Gasteiger partial charge in [0.05, 0.1) is 11.0 Å². The summed E-state index contributed by atoms with van der Waals surface area (Å²) in [6.07, 6.45) is 5.27. The number of fused-ring (bicyclic) bond motifs is 7. The van der Waals surface area contributed by atoms with E-state index in [1.54, 1.807) is 0 Å². The van der Waals surface area contributed by atoms with Gasteiger partial charge in [-0.15, -0.1) is 53.6 Å². The van der Waals surface area contributed by atoms with Crippen molar-refractivity contribution in [3.8, 4) is 50.7 Å². The predicted molar refractivity (Wildman–Crippen MR) is 290 cm³/mol. The molecule has 0 amide bonds. The molecule has 0 spiro atoms. The van der Waals surface area contributed by atoms with Crippen LogP contribution in [0, 0.1) is 25.7 Å². The SMILES string of the molecule is Cc1cc(-n2c3[c-]c(Oc4[c-]c(N5[CH-]N(c6c(-c7ccccc7)cccc6-c6ccccc6)c6cc7c(cc65)nc5n7CCCC5)cc(C(C)(C)C)c4)ccc3c3ccccc32)ncc1-c1ccccc1.[Pt]. The first kappa shape index (κ1) is 45.4. The smallest absolute Gasteiger partial charge is 0.135 e. The molecule has 0 saturated heterocycles. The van der Waals surface area contributed by atoms with Crippen molar-refractivity contribution in [3.63, 3.8) is 0 Å². The van der Waals surface area contributed by atoms with Crippen molar-refractivity contribution < 1.29 is 25.8 Å². The van der Waals surface area contributed by atoms with Gasteiger partial charge in [-0.25, -0.2) is 9.97 Å². The molecule has 0 radical (unpaired) electrons. The van der Waals surface area contributed by atoms with Gasteiger partial charge in [0.1, 0.15) is 11.6 Å². The van der Waals surface area contributed by atoms with Gasteiger partial charge in [0.15, 0.2) is 0 Å². The zero-order valence-corrected chi connectivity index (χ0v) is 42.9. The Morgan fingerprint density at radius 2 is 1.26 bits per heavy atom. The molecule has 356 valence electrons. The first-order valence-corrected chi connectivity index (χ1v) is 24.7. The van der Waals surface area contributed by atoms with Crippen LogP contribution in [0.1, 0.15) is 50.6 Å². The number of aryl methyl sites for hydroxylation is 3. The molecule has 0 bridgehead atoms. The van der Waals surface area contributed by atoms with Crippen LogP contribution in [0.5, 0.6) is 11.5 Å². The minimum absolute atomic E-state index is 0. The summed E-state index contributed by atoms with van der Waals surface area (Å²) < 4.78 is 11.6. The molecule has 5 heterocycles. The number of hydrogen-bond acceptors (Lipinski definition) is 5. The van der Waals surface area contributed by atoms with Crippen LogP contribution in [0.2, 0.25) is 0 Å². The summed E-state index contributed by atoms with van der Waals surface area (Å²) in [6, 6.07) is 69.9. The monoisotopic (exact) mass is 1110 g/mol. The molecular weight excluding hydrogens is 1060 g/mol. The second-order valence-electron chi connectivity index (χ2n) is 19.9. The number of pyridine rings is 1. The average molecular weight is 1120 g/mol. The average Bonchev–Trinajstić information content (AvgIpc) is 4.07. The van der Waals surface area contributed by atoms with Crippen LogP contribution in [-0.4, -0.2) is 19.1 Å². The second kappa shape index (κ2) is 18.1. The molecular formula is C64H51N6OPt-3. The summed E-state index contributed by atoms with van der Waals surface area (Å²) in [6.45, 7) is 12.1. The molecule has 2 aliphatic heterocycles. The minimum Gasteiger partial charge on any atom is -0.509 e. The van der Waals surface area contributed by atoms with Crippen LogP contribution in [0.3, 0.4) is 0 Å². The third kappa shape index (κ3) is 7.88. The van der Waals surface area contributed by atoms with E-state index in [-0.39, 0.29) is 26.5 Å². The van der Waals surface area contributed by atoms with E-state index < -0.39 is 0 Å². The van der Waals surface area contributed by atoms with E-state index in [4.69, 9.17) is 14.7 Å². The molecule has 13 rings (SSSR count). The standard InChI is InChI=1S/C64H51N6O.Pt/c1-42-33-62(65-40-54(42)45-23-12-7-13-24-45)70-56-28-15-14-25-52(56)53-31-30-48(37-57(53)70)71-49-35-46(64(2,3)4)34-47(36-49)68-41-69(60-39-58-55(38-59(60)68)66-61-29-16-17-32-67(58)61)63-50(43-19-8-5-9-20-43)26-18-27-51(63)44-21-10-6-11-22-44;/h5-15,18-28,30-31,33-35,38-41H,16-17,29,32H2,1-4H3;/q-3;. The fourth-order valence-corrected chi connectivity index (χ4v) is 10.7. The van der Waals surface area contributed by atoms with Gasteiger partial charge in [0.25, 0.3) is 0 Å². The number of anilines is 4. The Morgan fingerprint density at radius 1 is 0.597 bits per heavy atom. The molecule has 72 heavy (non-hydrogen) atoms. The van der Waals surface area contributed by atoms with Crippen LogP contribution in [0.15, 0.2) is 182 Å². The van der Waals surface area contributed by atoms with Crippen molar-refractivity contribution in [1.29, 1.82) is 0 Å². The van der Waals surface area contributed by atoms with Gasteiger partial charge in [-0.1, -0.05) is 154 Å². The Morgan fingerprint density at radius 3 is 1.96 bits per heavy atom. The van der Waals surface area contributed by atoms with Crippen molar-refractivity contribution in [2.24, 2.45) is 0 Å². The molecule has 2 aliphatic rings. The molecule has 0 unspecified atom stereocenters. The van der Waals surface area contributed by atoms with E-state index in [0.717, 1.165) is 138 Å². The summed E-state index contributed by atoms with van der Waals surface area (Å²) in [4.78, 5) is 15.0. The number of imidazole rings is 1. The van der Waals surface area contributed by atoms with Crippen molar-refractivity contribution in [2.45, 2.75) is 58.9 Å². The molecule has 8 heteroatoms. The Balaban J connectivity index is 0.00000530. The zero-order valence-electron chi connectivity index (χ0n) is 40.6. The quantitative estimate of drug-likeness (QED) is 0.142. The maximum absolute atomic E-state index is 6.97. The van der Waals surface area contributed by atoms with Gasteiger partial charge in [0, 0.05) is 91.0 Å². The van der Waals surface area contributed by atoms with Crippen LogP contribution >= 0.6 is 0 Å². The maximum Gasteiger partial charge on any atom is 0.135 e. The van der Waals surface area contributed by atoms with E-state index in [2.05, 4.69) is 229 Å².